The summed E-state index contributed by atoms with van der Waals surface area (Å²) in [7, 11) is 4.02. The zero-order valence-corrected chi connectivity index (χ0v) is 14.1. The zero-order valence-electron chi connectivity index (χ0n) is 13.3. The fourth-order valence-corrected chi connectivity index (χ4v) is 3.51. The van der Waals surface area contributed by atoms with E-state index < -0.39 is 0 Å². The lowest BCUT2D eigenvalue weighted by molar-refractivity contribution is -0.116. The van der Waals surface area contributed by atoms with Gasteiger partial charge in [0.25, 0.3) is 0 Å². The Bertz CT molecular complexity index is 659. The van der Waals surface area contributed by atoms with Crippen LogP contribution in [0.3, 0.4) is 0 Å². The van der Waals surface area contributed by atoms with Crippen LogP contribution in [0, 0.1) is 0 Å². The summed E-state index contributed by atoms with van der Waals surface area (Å²) in [5.74, 6) is 0.128. The van der Waals surface area contributed by atoms with Crippen molar-refractivity contribution < 1.29 is 4.79 Å². The predicted octanol–water partition coefficient (Wildman–Crippen LogP) is 1.13. The molecule has 1 saturated heterocycles. The van der Waals surface area contributed by atoms with Crippen LogP contribution in [0.5, 0.6) is 0 Å². The van der Waals surface area contributed by atoms with Gasteiger partial charge in [0, 0.05) is 18.8 Å². The van der Waals surface area contributed by atoms with Crippen molar-refractivity contribution in [3.8, 4) is 0 Å². The van der Waals surface area contributed by atoms with E-state index in [9.17, 15) is 4.79 Å². The number of thioether (sulfide) groups is 1. The first kappa shape index (κ1) is 15.9. The van der Waals surface area contributed by atoms with Crippen LogP contribution in [0.4, 0.5) is 5.69 Å². The number of anilines is 1. The minimum atomic E-state index is -0.126. The van der Waals surface area contributed by atoms with Crippen LogP contribution in [-0.2, 0) is 11.3 Å². The summed E-state index contributed by atoms with van der Waals surface area (Å²) in [6.45, 7) is 2.30. The second kappa shape index (κ2) is 7.10. The summed E-state index contributed by atoms with van der Waals surface area (Å²) in [5, 5.41) is 12.4. The summed E-state index contributed by atoms with van der Waals surface area (Å²) in [6.07, 6.45) is 0.804. The van der Waals surface area contributed by atoms with Crippen molar-refractivity contribution in [2.24, 2.45) is 0 Å². The van der Waals surface area contributed by atoms with E-state index in [1.54, 1.807) is 4.68 Å². The van der Waals surface area contributed by atoms with Gasteiger partial charge in [-0.3, -0.25) is 4.79 Å². The Hall–Kier alpha value is -1.93. The van der Waals surface area contributed by atoms with Gasteiger partial charge < -0.3 is 9.80 Å². The molecular formula is C15H20N6OS. The van der Waals surface area contributed by atoms with Crippen molar-refractivity contribution >= 4 is 23.4 Å². The summed E-state index contributed by atoms with van der Waals surface area (Å²) in [5.41, 5.74) is 0.952. The maximum Gasteiger partial charge on any atom is 0.240 e. The molecule has 2 aromatic rings. The lowest BCUT2D eigenvalue weighted by Gasteiger charge is -2.16. The summed E-state index contributed by atoms with van der Waals surface area (Å²) >= 11 is 1.46. The molecule has 1 aromatic heterocycles. The molecule has 23 heavy (non-hydrogen) atoms. The molecule has 0 aliphatic carbocycles. The largest absolute Gasteiger partial charge is 0.311 e. The van der Waals surface area contributed by atoms with E-state index >= 15 is 0 Å². The molecule has 0 radical (unpaired) electrons. The zero-order chi connectivity index (χ0) is 16.2. The smallest absolute Gasteiger partial charge is 0.240 e. The lowest BCUT2D eigenvalue weighted by Crippen LogP contribution is -2.28. The number of para-hydroxylation sites is 1. The third-order valence-electron chi connectivity index (χ3n) is 3.73. The molecule has 7 nitrogen and oxygen atoms in total. The van der Waals surface area contributed by atoms with Crippen molar-refractivity contribution in [3.63, 3.8) is 0 Å². The van der Waals surface area contributed by atoms with Gasteiger partial charge in [0.1, 0.15) is 0 Å². The first-order valence-electron chi connectivity index (χ1n) is 7.59. The van der Waals surface area contributed by atoms with Crippen molar-refractivity contribution in [2.75, 3.05) is 32.1 Å². The van der Waals surface area contributed by atoms with E-state index in [0.717, 1.165) is 25.2 Å². The van der Waals surface area contributed by atoms with Crippen LogP contribution >= 0.6 is 11.8 Å². The van der Waals surface area contributed by atoms with Crippen LogP contribution in [0.25, 0.3) is 0 Å². The Labute approximate surface area is 139 Å². The minimum absolute atomic E-state index is 0.126. The van der Waals surface area contributed by atoms with E-state index in [2.05, 4.69) is 20.4 Å². The number of hydrogen-bond acceptors (Lipinski definition) is 6. The van der Waals surface area contributed by atoms with Crippen molar-refractivity contribution in [2.45, 2.75) is 23.4 Å². The molecule has 8 heteroatoms. The van der Waals surface area contributed by atoms with Gasteiger partial charge in [0.15, 0.2) is 0 Å². The summed E-state index contributed by atoms with van der Waals surface area (Å²) in [4.78, 5) is 16.5. The molecule has 0 N–H and O–H groups in total. The third-order valence-corrected chi connectivity index (χ3v) is 4.96. The highest BCUT2D eigenvalue weighted by atomic mass is 32.2. The molecule has 0 spiro atoms. The number of carbonyl (C=O) groups is 1. The molecule has 0 bridgehead atoms. The number of aromatic nitrogens is 4. The quantitative estimate of drug-likeness (QED) is 0.790. The number of tetrazole rings is 1. The van der Waals surface area contributed by atoms with Crippen LogP contribution in [0.2, 0.25) is 0 Å². The number of benzene rings is 1. The van der Waals surface area contributed by atoms with E-state index in [4.69, 9.17) is 0 Å². The molecule has 1 aliphatic heterocycles. The second-order valence-corrected chi connectivity index (χ2v) is 6.88. The average molecular weight is 332 g/mol. The minimum Gasteiger partial charge on any atom is -0.311 e. The van der Waals surface area contributed by atoms with Crippen molar-refractivity contribution in [3.05, 3.63) is 30.3 Å². The van der Waals surface area contributed by atoms with Crippen LogP contribution in [0.15, 0.2) is 35.5 Å². The monoisotopic (exact) mass is 332 g/mol. The highest BCUT2D eigenvalue weighted by molar-refractivity contribution is 8.00. The highest BCUT2D eigenvalue weighted by Crippen LogP contribution is 2.31. The number of nitrogens with zero attached hydrogens (tertiary/aromatic N) is 6. The number of likely N-dealkylation sites (N-methyl/N-ethyl adjacent to an activating group) is 1. The van der Waals surface area contributed by atoms with Gasteiger partial charge in [-0.15, -0.1) is 5.10 Å². The molecule has 0 saturated carbocycles. The number of hydrogen-bond donors (Lipinski definition) is 0. The Morgan fingerprint density at radius 2 is 2.09 bits per heavy atom. The summed E-state index contributed by atoms with van der Waals surface area (Å²) < 4.78 is 1.77. The molecule has 1 atom stereocenters. The Balaban J connectivity index is 1.66. The fourth-order valence-electron chi connectivity index (χ4n) is 2.47. The van der Waals surface area contributed by atoms with Crippen molar-refractivity contribution in [1.82, 2.24) is 25.1 Å². The first-order valence-corrected chi connectivity index (χ1v) is 8.47. The molecular weight excluding hydrogens is 312 g/mol. The van der Waals surface area contributed by atoms with Crippen LogP contribution < -0.4 is 4.90 Å². The standard InChI is InChI=1S/C15H20N6OS/c1-19(2)10-11-21-15(16-17-18-21)23-13-8-9-20(14(13)22)12-6-4-3-5-7-12/h3-7,13H,8-11H2,1-2H3/t13-/m1/s1. The van der Waals surface area contributed by atoms with E-state index in [0.29, 0.717) is 11.7 Å². The first-order chi connectivity index (χ1) is 11.1. The molecule has 1 aromatic carbocycles. The second-order valence-electron chi connectivity index (χ2n) is 5.71. The van der Waals surface area contributed by atoms with E-state index in [-0.39, 0.29) is 11.2 Å². The number of carbonyl (C=O) groups excluding carboxylic acids is 1. The number of amides is 1. The van der Waals surface area contributed by atoms with Gasteiger partial charge in [-0.1, -0.05) is 30.0 Å². The van der Waals surface area contributed by atoms with Gasteiger partial charge in [0.05, 0.1) is 11.8 Å². The van der Waals surface area contributed by atoms with Crippen molar-refractivity contribution in [1.29, 1.82) is 0 Å². The molecule has 3 rings (SSSR count). The lowest BCUT2D eigenvalue weighted by atomic mass is 10.3. The number of rotatable bonds is 6. The van der Waals surface area contributed by atoms with Crippen LogP contribution in [0.1, 0.15) is 6.42 Å². The molecule has 122 valence electrons. The molecule has 1 fully saturated rings. The van der Waals surface area contributed by atoms with Gasteiger partial charge in [0.2, 0.25) is 11.1 Å². The normalized spacial score (nSPS) is 18.1. The SMILES string of the molecule is CN(C)CCn1nnnc1S[C@@H]1CCN(c2ccccc2)C1=O. The summed E-state index contributed by atoms with van der Waals surface area (Å²) in [6, 6.07) is 9.78. The maximum atomic E-state index is 12.6. The Kier molecular flexibility index (Phi) is 4.92. The van der Waals surface area contributed by atoms with Gasteiger partial charge in [-0.25, -0.2) is 4.68 Å². The van der Waals surface area contributed by atoms with Gasteiger partial charge in [-0.2, -0.15) is 0 Å². The highest BCUT2D eigenvalue weighted by Gasteiger charge is 2.34. The predicted molar refractivity (Wildman–Crippen MR) is 89.4 cm³/mol. The van der Waals surface area contributed by atoms with Crippen LogP contribution in [-0.4, -0.2) is 63.4 Å². The van der Waals surface area contributed by atoms with Gasteiger partial charge in [-0.05, 0) is 43.1 Å². The van der Waals surface area contributed by atoms with E-state index in [1.807, 2.05) is 49.3 Å². The Morgan fingerprint density at radius 1 is 1.30 bits per heavy atom. The topological polar surface area (TPSA) is 67.2 Å². The fraction of sp³-hybridized carbons (Fsp3) is 0.467. The Morgan fingerprint density at radius 3 is 2.83 bits per heavy atom. The molecule has 0 unspecified atom stereocenters. The van der Waals surface area contributed by atoms with Gasteiger partial charge >= 0.3 is 0 Å². The maximum absolute atomic E-state index is 12.6. The third kappa shape index (κ3) is 3.70. The molecule has 2 heterocycles. The molecule has 1 amide bonds. The van der Waals surface area contributed by atoms with E-state index in [1.165, 1.54) is 11.8 Å². The average Bonchev–Trinajstić information content (AvgIpc) is 3.14. The molecule has 1 aliphatic rings.